The molecule has 4 rings (SSSR count). The zero-order valence-electron chi connectivity index (χ0n) is 17.6. The Hall–Kier alpha value is -3.66. The second-order valence-electron chi connectivity index (χ2n) is 7.00. The minimum absolute atomic E-state index is 0.0804. The van der Waals surface area contributed by atoms with Crippen LogP contribution in [0.25, 0.3) is 10.2 Å². The zero-order chi connectivity index (χ0) is 23.6. The Morgan fingerprint density at radius 1 is 1.06 bits per heavy atom. The van der Waals surface area contributed by atoms with E-state index in [0.29, 0.717) is 27.7 Å². The lowest BCUT2D eigenvalue weighted by Gasteiger charge is -2.20. The fourth-order valence-electron chi connectivity index (χ4n) is 3.24. The van der Waals surface area contributed by atoms with Crippen molar-refractivity contribution in [2.24, 2.45) is 0 Å². The predicted octanol–water partition coefficient (Wildman–Crippen LogP) is 5.57. The number of hydrogen-bond acceptors (Lipinski definition) is 6. The molecule has 4 aromatic rings. The number of carbonyl (C=O) groups is 1. The van der Waals surface area contributed by atoms with Crippen LogP contribution in [0.15, 0.2) is 60.9 Å². The van der Waals surface area contributed by atoms with E-state index < -0.39 is 17.6 Å². The number of aromatic nitrogens is 2. The quantitative estimate of drug-likeness (QED) is 0.366. The summed E-state index contributed by atoms with van der Waals surface area (Å²) < 4.78 is 51.0. The third-order valence-corrected chi connectivity index (χ3v) is 5.90. The first kappa shape index (κ1) is 22.5. The molecule has 0 radical (unpaired) electrons. The van der Waals surface area contributed by atoms with E-state index in [1.165, 1.54) is 42.6 Å². The Morgan fingerprint density at radius 2 is 1.82 bits per heavy atom. The first-order valence-electron chi connectivity index (χ1n) is 9.70. The third-order valence-electron chi connectivity index (χ3n) is 4.86. The lowest BCUT2D eigenvalue weighted by Crippen LogP contribution is -2.30. The lowest BCUT2D eigenvalue weighted by atomic mass is 10.1. The van der Waals surface area contributed by atoms with Crippen LogP contribution in [-0.4, -0.2) is 30.1 Å². The van der Waals surface area contributed by atoms with Crippen LogP contribution in [-0.2, 0) is 12.7 Å². The molecular weight excluding hydrogens is 455 g/mol. The van der Waals surface area contributed by atoms with Gasteiger partial charge in [0.05, 0.1) is 36.5 Å². The number of anilines is 1. The van der Waals surface area contributed by atoms with E-state index in [1.807, 2.05) is 0 Å². The van der Waals surface area contributed by atoms with E-state index in [2.05, 4.69) is 9.97 Å². The highest BCUT2D eigenvalue weighted by Gasteiger charge is 2.32. The fraction of sp³-hybridized carbons (Fsp3) is 0.174. The Bertz CT molecular complexity index is 1250. The van der Waals surface area contributed by atoms with Crippen LogP contribution in [0, 0.1) is 0 Å². The van der Waals surface area contributed by atoms with Crippen molar-refractivity contribution in [3.8, 4) is 11.5 Å². The van der Waals surface area contributed by atoms with Crippen LogP contribution >= 0.6 is 11.3 Å². The maximum Gasteiger partial charge on any atom is 0.416 e. The minimum atomic E-state index is -4.56. The lowest BCUT2D eigenvalue weighted by molar-refractivity contribution is -0.137. The van der Waals surface area contributed by atoms with Crippen molar-refractivity contribution in [2.45, 2.75) is 12.7 Å². The second-order valence-corrected chi connectivity index (χ2v) is 8.01. The molecule has 0 aliphatic rings. The molecule has 170 valence electrons. The van der Waals surface area contributed by atoms with Crippen LogP contribution in [0.1, 0.15) is 21.5 Å². The molecule has 0 spiro atoms. The summed E-state index contributed by atoms with van der Waals surface area (Å²) in [4.78, 5) is 23.4. The van der Waals surface area contributed by atoms with Crippen molar-refractivity contribution in [3.05, 3.63) is 77.6 Å². The summed E-state index contributed by atoms with van der Waals surface area (Å²) in [6, 6.07) is 11.3. The van der Waals surface area contributed by atoms with Crippen LogP contribution in [0.4, 0.5) is 18.3 Å². The number of benzene rings is 2. The summed E-state index contributed by atoms with van der Waals surface area (Å²) in [7, 11) is 3.01. The minimum Gasteiger partial charge on any atom is -0.493 e. The normalized spacial score (nSPS) is 11.4. The smallest absolute Gasteiger partial charge is 0.416 e. The first-order chi connectivity index (χ1) is 15.8. The van der Waals surface area contributed by atoms with E-state index >= 15 is 0 Å². The maximum absolute atomic E-state index is 13.4. The number of hydrogen-bond donors (Lipinski definition) is 0. The van der Waals surface area contributed by atoms with Gasteiger partial charge in [-0.2, -0.15) is 13.2 Å². The molecule has 0 saturated carbocycles. The number of methoxy groups -OCH3 is 2. The van der Waals surface area contributed by atoms with Crippen molar-refractivity contribution < 1.29 is 27.4 Å². The summed E-state index contributed by atoms with van der Waals surface area (Å²) >= 11 is 1.22. The van der Waals surface area contributed by atoms with Crippen LogP contribution in [0.2, 0.25) is 0 Å². The molecule has 33 heavy (non-hydrogen) atoms. The van der Waals surface area contributed by atoms with Gasteiger partial charge in [0.1, 0.15) is 0 Å². The Kier molecular flexibility index (Phi) is 6.19. The highest BCUT2D eigenvalue weighted by atomic mass is 32.1. The van der Waals surface area contributed by atoms with Gasteiger partial charge >= 0.3 is 6.18 Å². The van der Waals surface area contributed by atoms with Gasteiger partial charge in [-0.3, -0.25) is 14.7 Å². The summed E-state index contributed by atoms with van der Waals surface area (Å²) in [5.74, 6) is 0.371. The van der Waals surface area contributed by atoms with Gasteiger partial charge in [0.15, 0.2) is 16.6 Å². The molecule has 10 heteroatoms. The zero-order valence-corrected chi connectivity index (χ0v) is 18.4. The van der Waals surface area contributed by atoms with E-state index in [9.17, 15) is 18.0 Å². The highest BCUT2D eigenvalue weighted by molar-refractivity contribution is 7.22. The van der Waals surface area contributed by atoms with Gasteiger partial charge in [-0.1, -0.05) is 23.5 Å². The summed E-state index contributed by atoms with van der Waals surface area (Å²) in [6.07, 6.45) is -1.38. The maximum atomic E-state index is 13.4. The topological polar surface area (TPSA) is 64.5 Å². The van der Waals surface area contributed by atoms with Crippen LogP contribution < -0.4 is 14.4 Å². The van der Waals surface area contributed by atoms with E-state index in [-0.39, 0.29) is 12.1 Å². The monoisotopic (exact) mass is 473 g/mol. The number of rotatable bonds is 6. The Morgan fingerprint density at radius 3 is 2.48 bits per heavy atom. The first-order valence-corrected chi connectivity index (χ1v) is 10.5. The van der Waals surface area contributed by atoms with Gasteiger partial charge in [0, 0.05) is 30.1 Å². The molecule has 2 aromatic heterocycles. The predicted molar refractivity (Wildman–Crippen MR) is 119 cm³/mol. The molecule has 6 nitrogen and oxygen atoms in total. The van der Waals surface area contributed by atoms with E-state index in [0.717, 1.165) is 16.8 Å². The number of thiazole rings is 1. The van der Waals surface area contributed by atoms with Crippen molar-refractivity contribution in [1.29, 1.82) is 0 Å². The molecule has 0 unspecified atom stereocenters. The number of amides is 1. The summed E-state index contributed by atoms with van der Waals surface area (Å²) in [5, 5.41) is 0.326. The average Bonchev–Trinajstić information content (AvgIpc) is 3.24. The molecule has 0 fully saturated rings. The molecule has 1 amide bonds. The number of nitrogens with zero attached hydrogens (tertiary/aromatic N) is 3. The molecule has 0 N–H and O–H groups in total. The fourth-order valence-corrected chi connectivity index (χ4v) is 4.22. The number of alkyl halides is 3. The number of carbonyl (C=O) groups excluding carboxylic acids is 1. The molecule has 2 heterocycles. The van der Waals surface area contributed by atoms with Gasteiger partial charge in [-0.25, -0.2) is 4.98 Å². The molecule has 0 bridgehead atoms. The molecule has 0 atom stereocenters. The van der Waals surface area contributed by atoms with Crippen molar-refractivity contribution in [2.75, 3.05) is 19.1 Å². The molecule has 2 aromatic carbocycles. The summed E-state index contributed by atoms with van der Waals surface area (Å²) in [5.41, 5.74) is 0.282. The number of fused-ring (bicyclic) bond motifs is 1. The van der Waals surface area contributed by atoms with Gasteiger partial charge in [-0.15, -0.1) is 0 Å². The molecular formula is C23H18F3N3O3S. The van der Waals surface area contributed by atoms with Gasteiger partial charge in [-0.05, 0) is 29.8 Å². The van der Waals surface area contributed by atoms with Gasteiger partial charge in [0.25, 0.3) is 5.91 Å². The Balaban J connectivity index is 1.79. The molecule has 0 saturated heterocycles. The van der Waals surface area contributed by atoms with Crippen molar-refractivity contribution >= 4 is 32.6 Å². The second kappa shape index (κ2) is 9.07. The van der Waals surface area contributed by atoms with E-state index in [4.69, 9.17) is 9.47 Å². The average molecular weight is 473 g/mol. The standard InChI is InChI=1S/C23H18F3N3O3S/c1-31-18-10-17-20(11-19(18)32-2)33-22(28-17)29(13-14-5-4-8-27-12-14)21(30)15-6-3-7-16(9-15)23(24,25)26/h3-12H,13H2,1-2H3. The number of ether oxygens (including phenoxy) is 2. The Labute approximate surface area is 191 Å². The SMILES string of the molecule is COc1cc2nc(N(Cc3cccnc3)C(=O)c3cccc(C(F)(F)F)c3)sc2cc1OC. The van der Waals surface area contributed by atoms with Crippen LogP contribution in [0.3, 0.4) is 0 Å². The number of halogens is 3. The van der Waals surface area contributed by atoms with Gasteiger partial charge in [0.2, 0.25) is 0 Å². The third kappa shape index (κ3) is 4.75. The summed E-state index contributed by atoms with van der Waals surface area (Å²) in [6.45, 7) is 0.0804. The van der Waals surface area contributed by atoms with Gasteiger partial charge < -0.3 is 9.47 Å². The number of pyridine rings is 1. The van der Waals surface area contributed by atoms with Crippen molar-refractivity contribution in [3.63, 3.8) is 0 Å². The van der Waals surface area contributed by atoms with Crippen molar-refractivity contribution in [1.82, 2.24) is 9.97 Å². The molecule has 0 aliphatic heterocycles. The van der Waals surface area contributed by atoms with E-state index in [1.54, 1.807) is 36.7 Å². The van der Waals surface area contributed by atoms with Crippen LogP contribution in [0.5, 0.6) is 11.5 Å². The largest absolute Gasteiger partial charge is 0.493 e. The molecule has 0 aliphatic carbocycles. The highest BCUT2D eigenvalue weighted by Crippen LogP contribution is 2.38.